The van der Waals surface area contributed by atoms with Crippen molar-refractivity contribution in [2.24, 2.45) is 0 Å². The molecule has 0 bridgehead atoms. The van der Waals surface area contributed by atoms with Gasteiger partial charge in [-0.05, 0) is 60.2 Å². The summed E-state index contributed by atoms with van der Waals surface area (Å²) in [5.41, 5.74) is 1.31. The molecule has 0 aliphatic rings. The number of sulfonamides is 1. The molecule has 2 aromatic carbocycles. The van der Waals surface area contributed by atoms with Gasteiger partial charge in [0.15, 0.2) is 0 Å². The first kappa shape index (κ1) is 19.6. The van der Waals surface area contributed by atoms with Crippen LogP contribution in [0.15, 0.2) is 83.9 Å². The maximum Gasteiger partial charge on any atom is 0.263 e. The Labute approximate surface area is 167 Å². The molecule has 6 nitrogen and oxygen atoms in total. The molecule has 0 saturated carbocycles. The molecule has 1 aromatic heterocycles. The number of benzene rings is 2. The van der Waals surface area contributed by atoms with E-state index in [1.807, 2.05) is 0 Å². The number of nitrogens with one attached hydrogen (secondary N) is 2. The lowest BCUT2D eigenvalue weighted by molar-refractivity contribution is -0.111. The second kappa shape index (κ2) is 8.69. The van der Waals surface area contributed by atoms with E-state index in [0.717, 1.165) is 5.56 Å². The molecule has 0 aliphatic heterocycles. The first-order chi connectivity index (χ1) is 13.4. The van der Waals surface area contributed by atoms with E-state index >= 15 is 0 Å². The zero-order valence-corrected chi connectivity index (χ0v) is 16.1. The van der Waals surface area contributed by atoms with Gasteiger partial charge in [0.1, 0.15) is 5.82 Å². The molecule has 142 valence electrons. The molecular weight excluding hydrogens is 398 g/mol. The number of carbonyl (C=O) groups is 1. The highest BCUT2D eigenvalue weighted by atomic mass is 35.5. The van der Waals surface area contributed by atoms with Crippen LogP contribution in [-0.2, 0) is 14.8 Å². The summed E-state index contributed by atoms with van der Waals surface area (Å²) in [6.45, 7) is 0. The number of anilines is 2. The molecule has 0 saturated heterocycles. The molecule has 1 heterocycles. The minimum Gasteiger partial charge on any atom is -0.323 e. The molecule has 0 aliphatic carbocycles. The molecule has 1 amide bonds. The van der Waals surface area contributed by atoms with Gasteiger partial charge in [0.25, 0.3) is 10.0 Å². The third-order valence-corrected chi connectivity index (χ3v) is 5.26. The number of pyridine rings is 1. The normalized spacial score (nSPS) is 11.3. The van der Waals surface area contributed by atoms with Crippen LogP contribution in [0.4, 0.5) is 11.5 Å². The van der Waals surface area contributed by atoms with Crippen molar-refractivity contribution >= 4 is 45.1 Å². The van der Waals surface area contributed by atoms with Crippen LogP contribution in [0.3, 0.4) is 0 Å². The van der Waals surface area contributed by atoms with E-state index in [1.165, 1.54) is 36.5 Å². The van der Waals surface area contributed by atoms with Crippen molar-refractivity contribution < 1.29 is 13.2 Å². The van der Waals surface area contributed by atoms with E-state index in [-0.39, 0.29) is 16.6 Å². The Morgan fingerprint density at radius 3 is 2.32 bits per heavy atom. The fourth-order valence-corrected chi connectivity index (χ4v) is 3.40. The Morgan fingerprint density at radius 2 is 1.68 bits per heavy atom. The highest BCUT2D eigenvalue weighted by Crippen LogP contribution is 2.17. The lowest BCUT2D eigenvalue weighted by Gasteiger charge is -2.08. The highest BCUT2D eigenvalue weighted by Gasteiger charge is 2.14. The maximum absolute atomic E-state index is 12.4. The molecule has 3 aromatic rings. The van der Waals surface area contributed by atoms with Crippen LogP contribution in [0, 0.1) is 0 Å². The molecular formula is C20H16ClN3O3S. The molecule has 8 heteroatoms. The van der Waals surface area contributed by atoms with Gasteiger partial charge in [-0.1, -0.05) is 29.8 Å². The number of aromatic nitrogens is 1. The van der Waals surface area contributed by atoms with E-state index in [2.05, 4.69) is 15.0 Å². The van der Waals surface area contributed by atoms with Gasteiger partial charge in [0, 0.05) is 23.0 Å². The second-order valence-electron chi connectivity index (χ2n) is 5.72. The lowest BCUT2D eigenvalue weighted by atomic mass is 10.2. The van der Waals surface area contributed by atoms with Gasteiger partial charge in [-0.25, -0.2) is 13.4 Å². The lowest BCUT2D eigenvalue weighted by Crippen LogP contribution is -2.14. The third kappa shape index (κ3) is 5.42. The minimum atomic E-state index is -3.76. The van der Waals surface area contributed by atoms with E-state index in [4.69, 9.17) is 11.6 Å². The zero-order chi connectivity index (χ0) is 20.0. The number of nitrogens with zero attached hydrogens (tertiary/aromatic N) is 1. The van der Waals surface area contributed by atoms with Gasteiger partial charge < -0.3 is 5.32 Å². The summed E-state index contributed by atoms with van der Waals surface area (Å²) in [7, 11) is -3.76. The number of carbonyl (C=O) groups excluding carboxylic acids is 1. The van der Waals surface area contributed by atoms with Gasteiger partial charge >= 0.3 is 0 Å². The van der Waals surface area contributed by atoms with Gasteiger partial charge in [0.05, 0.1) is 4.90 Å². The number of hydrogen-bond donors (Lipinski definition) is 2. The number of amides is 1. The summed E-state index contributed by atoms with van der Waals surface area (Å²) >= 11 is 5.82. The van der Waals surface area contributed by atoms with Crippen molar-refractivity contribution in [3.8, 4) is 0 Å². The highest BCUT2D eigenvalue weighted by molar-refractivity contribution is 7.92. The van der Waals surface area contributed by atoms with Gasteiger partial charge in [-0.2, -0.15) is 0 Å². The quantitative estimate of drug-likeness (QED) is 0.593. The fraction of sp³-hybridized carbons (Fsp3) is 0. The maximum atomic E-state index is 12.4. The average molecular weight is 414 g/mol. The molecule has 3 rings (SSSR count). The largest absolute Gasteiger partial charge is 0.323 e. The molecule has 0 radical (unpaired) electrons. The second-order valence-corrected chi connectivity index (χ2v) is 7.84. The number of halogens is 1. The summed E-state index contributed by atoms with van der Waals surface area (Å²) in [6.07, 6.45) is 4.53. The summed E-state index contributed by atoms with van der Waals surface area (Å²) in [5.74, 6) is -0.107. The van der Waals surface area contributed by atoms with E-state index in [9.17, 15) is 13.2 Å². The topological polar surface area (TPSA) is 88.2 Å². The van der Waals surface area contributed by atoms with Crippen LogP contribution in [0.2, 0.25) is 5.02 Å². The number of hydrogen-bond acceptors (Lipinski definition) is 4. The van der Waals surface area contributed by atoms with Crippen molar-refractivity contribution in [3.05, 3.63) is 89.6 Å². The summed E-state index contributed by atoms with van der Waals surface area (Å²) in [5, 5.41) is 3.29. The molecule has 2 N–H and O–H groups in total. The Morgan fingerprint density at radius 1 is 0.964 bits per heavy atom. The Balaban J connectivity index is 1.63. The van der Waals surface area contributed by atoms with Crippen LogP contribution in [0.5, 0.6) is 0 Å². The number of rotatable bonds is 6. The van der Waals surface area contributed by atoms with Crippen molar-refractivity contribution in [3.63, 3.8) is 0 Å². The van der Waals surface area contributed by atoms with Crippen LogP contribution in [0.1, 0.15) is 5.56 Å². The smallest absolute Gasteiger partial charge is 0.263 e. The van der Waals surface area contributed by atoms with Crippen LogP contribution >= 0.6 is 11.6 Å². The Hall–Kier alpha value is -3.16. The van der Waals surface area contributed by atoms with Crippen LogP contribution in [-0.4, -0.2) is 19.3 Å². The van der Waals surface area contributed by atoms with Gasteiger partial charge in [-0.3, -0.25) is 9.52 Å². The van der Waals surface area contributed by atoms with E-state index in [1.54, 1.807) is 48.5 Å². The molecule has 0 fully saturated rings. The molecule has 0 spiro atoms. The summed E-state index contributed by atoms with van der Waals surface area (Å²) in [6, 6.07) is 17.8. The predicted octanol–water partition coefficient (Wildman–Crippen LogP) is 4.19. The monoisotopic (exact) mass is 413 g/mol. The predicted molar refractivity (Wildman–Crippen MR) is 111 cm³/mol. The van der Waals surface area contributed by atoms with Crippen molar-refractivity contribution in [2.75, 3.05) is 10.0 Å². The van der Waals surface area contributed by atoms with E-state index < -0.39 is 10.0 Å². The Kier molecular flexibility index (Phi) is 6.08. The van der Waals surface area contributed by atoms with Gasteiger partial charge in [-0.15, -0.1) is 0 Å². The van der Waals surface area contributed by atoms with Crippen molar-refractivity contribution in [1.29, 1.82) is 0 Å². The van der Waals surface area contributed by atoms with Crippen molar-refractivity contribution in [2.45, 2.75) is 4.90 Å². The van der Waals surface area contributed by atoms with Gasteiger partial charge in [0.2, 0.25) is 5.91 Å². The minimum absolute atomic E-state index is 0.0628. The van der Waals surface area contributed by atoms with Crippen molar-refractivity contribution in [1.82, 2.24) is 4.98 Å². The van der Waals surface area contributed by atoms with E-state index in [0.29, 0.717) is 10.7 Å². The molecule has 28 heavy (non-hydrogen) atoms. The first-order valence-corrected chi connectivity index (χ1v) is 10.1. The molecule has 0 atom stereocenters. The summed E-state index contributed by atoms with van der Waals surface area (Å²) < 4.78 is 27.1. The fourth-order valence-electron chi connectivity index (χ4n) is 2.27. The zero-order valence-electron chi connectivity index (χ0n) is 14.5. The van der Waals surface area contributed by atoms with Crippen LogP contribution < -0.4 is 10.0 Å². The molecule has 0 unspecified atom stereocenters. The SMILES string of the molecule is O=C(C=Cc1ccc(Cl)cc1)Nc1ccc(S(=O)(=O)Nc2ccccn2)cc1. The standard InChI is InChI=1S/C20H16ClN3O3S/c21-16-7-4-15(5-8-16)6-13-20(25)23-17-9-11-18(12-10-17)28(26,27)24-19-3-1-2-14-22-19/h1-14H,(H,22,24)(H,23,25). The Bertz CT molecular complexity index is 1080. The van der Waals surface area contributed by atoms with Crippen LogP contribution in [0.25, 0.3) is 6.08 Å². The summed E-state index contributed by atoms with van der Waals surface area (Å²) in [4.78, 5) is 16.0. The first-order valence-electron chi connectivity index (χ1n) is 8.21. The third-order valence-electron chi connectivity index (χ3n) is 3.63. The average Bonchev–Trinajstić information content (AvgIpc) is 2.68.